The minimum Gasteiger partial charge on any atom is -0.370 e. The van der Waals surface area contributed by atoms with Crippen LogP contribution in [-0.4, -0.2) is 42.2 Å². The summed E-state index contributed by atoms with van der Waals surface area (Å²) in [5.74, 6) is 1.91. The maximum absolute atomic E-state index is 4.33. The molecule has 2 heterocycles. The molecule has 1 fully saturated rings. The van der Waals surface area contributed by atoms with E-state index in [1.54, 1.807) is 6.33 Å². The van der Waals surface area contributed by atoms with E-state index in [4.69, 9.17) is 0 Å². The van der Waals surface area contributed by atoms with E-state index in [0.29, 0.717) is 6.04 Å². The van der Waals surface area contributed by atoms with Gasteiger partial charge in [-0.05, 0) is 13.8 Å². The molecule has 0 bridgehead atoms. The molecule has 88 valence electrons. The van der Waals surface area contributed by atoms with Crippen molar-refractivity contribution >= 4 is 11.6 Å². The summed E-state index contributed by atoms with van der Waals surface area (Å²) in [5, 5.41) is 6.63. The molecule has 0 spiro atoms. The fourth-order valence-corrected chi connectivity index (χ4v) is 1.94. The van der Waals surface area contributed by atoms with Crippen molar-refractivity contribution < 1.29 is 0 Å². The first kappa shape index (κ1) is 11.1. The first-order chi connectivity index (χ1) is 7.79. The van der Waals surface area contributed by atoms with Gasteiger partial charge in [0.15, 0.2) is 0 Å². The summed E-state index contributed by atoms with van der Waals surface area (Å²) in [4.78, 5) is 10.8. The predicted molar refractivity (Wildman–Crippen MR) is 65.9 cm³/mol. The third kappa shape index (κ3) is 2.61. The average molecular weight is 221 g/mol. The molecule has 1 aliphatic rings. The number of hydrogen-bond acceptors (Lipinski definition) is 5. The quantitative estimate of drug-likeness (QED) is 0.787. The second-order valence-corrected chi connectivity index (χ2v) is 4.09. The molecule has 0 amide bonds. The van der Waals surface area contributed by atoms with Crippen LogP contribution < -0.4 is 15.5 Å². The van der Waals surface area contributed by atoms with E-state index in [1.807, 2.05) is 6.07 Å². The Kier molecular flexibility index (Phi) is 3.56. The van der Waals surface area contributed by atoms with Gasteiger partial charge in [0.1, 0.15) is 18.0 Å². The standard InChI is InChI=1S/C11H19N5/c1-3-12-10-6-11(15-8-14-10)16-5-4-13-9(2)7-16/h6,8-9,13H,3-5,7H2,1-2H3,(H,12,14,15). The second kappa shape index (κ2) is 5.12. The van der Waals surface area contributed by atoms with Gasteiger partial charge in [-0.2, -0.15) is 0 Å². The first-order valence-electron chi connectivity index (χ1n) is 5.84. The highest BCUT2D eigenvalue weighted by molar-refractivity contribution is 5.48. The van der Waals surface area contributed by atoms with Gasteiger partial charge in [-0.3, -0.25) is 0 Å². The Hall–Kier alpha value is -1.36. The normalized spacial score (nSPS) is 20.9. The van der Waals surface area contributed by atoms with Gasteiger partial charge in [-0.1, -0.05) is 0 Å². The van der Waals surface area contributed by atoms with Gasteiger partial charge in [0, 0.05) is 38.3 Å². The van der Waals surface area contributed by atoms with Crippen LogP contribution in [0, 0.1) is 0 Å². The molecular formula is C11H19N5. The van der Waals surface area contributed by atoms with Crippen LogP contribution in [-0.2, 0) is 0 Å². The molecule has 1 unspecified atom stereocenters. The third-order valence-electron chi connectivity index (χ3n) is 2.70. The molecule has 5 heteroatoms. The van der Waals surface area contributed by atoms with E-state index < -0.39 is 0 Å². The monoisotopic (exact) mass is 221 g/mol. The van der Waals surface area contributed by atoms with E-state index >= 15 is 0 Å². The van der Waals surface area contributed by atoms with Crippen LogP contribution >= 0.6 is 0 Å². The van der Waals surface area contributed by atoms with Crippen LogP contribution in [0.4, 0.5) is 11.6 Å². The Labute approximate surface area is 96.3 Å². The van der Waals surface area contributed by atoms with Crippen molar-refractivity contribution in [1.29, 1.82) is 0 Å². The lowest BCUT2D eigenvalue weighted by atomic mass is 10.2. The van der Waals surface area contributed by atoms with Crippen LogP contribution in [0.3, 0.4) is 0 Å². The molecule has 1 atom stereocenters. The fourth-order valence-electron chi connectivity index (χ4n) is 1.94. The maximum atomic E-state index is 4.33. The fraction of sp³-hybridized carbons (Fsp3) is 0.636. The molecule has 0 aliphatic carbocycles. The molecule has 0 radical (unpaired) electrons. The number of nitrogens with one attached hydrogen (secondary N) is 2. The summed E-state index contributed by atoms with van der Waals surface area (Å²) in [6.45, 7) is 8.17. The topological polar surface area (TPSA) is 53.1 Å². The van der Waals surface area contributed by atoms with E-state index in [2.05, 4.69) is 39.3 Å². The number of anilines is 2. The van der Waals surface area contributed by atoms with Crippen molar-refractivity contribution in [3.8, 4) is 0 Å². The van der Waals surface area contributed by atoms with Crippen molar-refractivity contribution in [3.05, 3.63) is 12.4 Å². The number of hydrogen-bond donors (Lipinski definition) is 2. The molecule has 16 heavy (non-hydrogen) atoms. The Morgan fingerprint density at radius 2 is 2.44 bits per heavy atom. The molecule has 1 saturated heterocycles. The van der Waals surface area contributed by atoms with Gasteiger partial charge in [0.2, 0.25) is 0 Å². The van der Waals surface area contributed by atoms with E-state index in [9.17, 15) is 0 Å². The SMILES string of the molecule is CCNc1cc(N2CCNC(C)C2)ncn1. The lowest BCUT2D eigenvalue weighted by molar-refractivity contribution is 0.482. The van der Waals surface area contributed by atoms with Gasteiger partial charge in [-0.25, -0.2) is 9.97 Å². The van der Waals surface area contributed by atoms with Crippen LogP contribution in [0.5, 0.6) is 0 Å². The molecule has 1 aromatic heterocycles. The van der Waals surface area contributed by atoms with E-state index in [1.165, 1.54) is 0 Å². The highest BCUT2D eigenvalue weighted by Crippen LogP contribution is 2.15. The van der Waals surface area contributed by atoms with E-state index in [-0.39, 0.29) is 0 Å². The molecule has 2 rings (SSSR count). The molecule has 1 aliphatic heterocycles. The Morgan fingerprint density at radius 3 is 3.19 bits per heavy atom. The largest absolute Gasteiger partial charge is 0.370 e. The minimum absolute atomic E-state index is 0.520. The molecule has 1 aromatic rings. The van der Waals surface area contributed by atoms with Crippen molar-refractivity contribution in [2.24, 2.45) is 0 Å². The third-order valence-corrected chi connectivity index (χ3v) is 2.70. The summed E-state index contributed by atoms with van der Waals surface area (Å²) in [6, 6.07) is 2.54. The maximum Gasteiger partial charge on any atom is 0.134 e. The van der Waals surface area contributed by atoms with Gasteiger partial charge < -0.3 is 15.5 Å². The molecule has 0 aromatic carbocycles. The molecule has 5 nitrogen and oxygen atoms in total. The number of aromatic nitrogens is 2. The van der Waals surface area contributed by atoms with Crippen LogP contribution in [0.15, 0.2) is 12.4 Å². The Balaban J connectivity index is 2.09. The van der Waals surface area contributed by atoms with Gasteiger partial charge >= 0.3 is 0 Å². The minimum atomic E-state index is 0.520. The van der Waals surface area contributed by atoms with Gasteiger partial charge in [-0.15, -0.1) is 0 Å². The summed E-state index contributed by atoms with van der Waals surface area (Å²) in [5.41, 5.74) is 0. The summed E-state index contributed by atoms with van der Waals surface area (Å²) < 4.78 is 0. The average Bonchev–Trinajstić information content (AvgIpc) is 2.30. The molecular weight excluding hydrogens is 202 g/mol. The number of rotatable bonds is 3. The molecule has 2 N–H and O–H groups in total. The number of piperazine rings is 1. The zero-order chi connectivity index (χ0) is 11.4. The van der Waals surface area contributed by atoms with Crippen LogP contribution in [0.2, 0.25) is 0 Å². The highest BCUT2D eigenvalue weighted by atomic mass is 15.2. The Bertz CT molecular complexity index is 341. The summed E-state index contributed by atoms with van der Waals surface area (Å²) >= 11 is 0. The van der Waals surface area contributed by atoms with Crippen LogP contribution in [0.25, 0.3) is 0 Å². The van der Waals surface area contributed by atoms with Crippen molar-refractivity contribution in [2.45, 2.75) is 19.9 Å². The summed E-state index contributed by atoms with van der Waals surface area (Å²) in [6.07, 6.45) is 1.63. The zero-order valence-electron chi connectivity index (χ0n) is 9.90. The lowest BCUT2D eigenvalue weighted by Gasteiger charge is -2.32. The van der Waals surface area contributed by atoms with Gasteiger partial charge in [0.25, 0.3) is 0 Å². The van der Waals surface area contributed by atoms with E-state index in [0.717, 1.165) is 37.8 Å². The smallest absolute Gasteiger partial charge is 0.134 e. The van der Waals surface area contributed by atoms with Crippen LogP contribution in [0.1, 0.15) is 13.8 Å². The predicted octanol–water partition coefficient (Wildman–Crippen LogP) is 0.706. The first-order valence-corrected chi connectivity index (χ1v) is 5.84. The Morgan fingerprint density at radius 1 is 1.56 bits per heavy atom. The van der Waals surface area contributed by atoms with Gasteiger partial charge in [0.05, 0.1) is 0 Å². The second-order valence-electron chi connectivity index (χ2n) is 4.09. The van der Waals surface area contributed by atoms with Crippen molar-refractivity contribution in [2.75, 3.05) is 36.4 Å². The lowest BCUT2D eigenvalue weighted by Crippen LogP contribution is -2.49. The summed E-state index contributed by atoms with van der Waals surface area (Å²) in [7, 11) is 0. The molecule has 0 saturated carbocycles. The number of nitrogens with zero attached hydrogens (tertiary/aromatic N) is 3. The van der Waals surface area contributed by atoms with Crippen molar-refractivity contribution in [3.63, 3.8) is 0 Å². The van der Waals surface area contributed by atoms with Crippen molar-refractivity contribution in [1.82, 2.24) is 15.3 Å². The zero-order valence-corrected chi connectivity index (χ0v) is 9.90. The highest BCUT2D eigenvalue weighted by Gasteiger charge is 2.16.